The summed E-state index contributed by atoms with van der Waals surface area (Å²) in [7, 11) is 0. The fraction of sp³-hybridized carbons (Fsp3) is 0.733. The van der Waals surface area contributed by atoms with Crippen LogP contribution in [0.15, 0.2) is 0 Å². The summed E-state index contributed by atoms with van der Waals surface area (Å²) in [6.07, 6.45) is 0.143. The van der Waals surface area contributed by atoms with Crippen molar-refractivity contribution in [1.82, 2.24) is 10.6 Å². The van der Waals surface area contributed by atoms with Crippen LogP contribution in [0, 0.1) is 14.9 Å². The van der Waals surface area contributed by atoms with E-state index in [1.807, 2.05) is 13.8 Å². The van der Waals surface area contributed by atoms with E-state index in [4.69, 9.17) is 14.2 Å². The van der Waals surface area contributed by atoms with Crippen LogP contribution < -0.4 is 62.0 Å². The van der Waals surface area contributed by atoms with Gasteiger partial charge in [0.05, 0.1) is 32.5 Å². The van der Waals surface area contributed by atoms with Crippen LogP contribution in [0.5, 0.6) is 0 Å². The monoisotopic (exact) mass is 376 g/mol. The van der Waals surface area contributed by atoms with Crippen LogP contribution in [-0.4, -0.2) is 70.7 Å². The van der Waals surface area contributed by atoms with Gasteiger partial charge < -0.3 is 44.5 Å². The first-order valence-corrected chi connectivity index (χ1v) is 6.84. The fourth-order valence-corrected chi connectivity index (χ4v) is 1.20. The number of carbonyl (C=O) groups excluding carboxylic acids is 2. The molecule has 0 aliphatic heterocycles. The first kappa shape index (κ1) is 32.1. The molecule has 0 bridgehead atoms. The zero-order chi connectivity index (χ0) is 15.9. The number of carbonyl (C=O) groups is 1. The van der Waals surface area contributed by atoms with Crippen molar-refractivity contribution in [3.8, 4) is 0 Å². The molecule has 0 aromatic carbocycles. The van der Waals surface area contributed by atoms with E-state index in [9.17, 15) is 14.0 Å². The molecule has 0 heterocycles. The Bertz CT molecular complexity index is 287. The molecule has 2 amide bonds. The summed E-state index contributed by atoms with van der Waals surface area (Å²) < 4.78 is 28.3. The maximum Gasteiger partial charge on any atom is 1.00 e. The summed E-state index contributed by atoms with van der Waals surface area (Å²) in [4.78, 5) is 21.1. The van der Waals surface area contributed by atoms with E-state index in [0.717, 1.165) is 0 Å². The van der Waals surface area contributed by atoms with Crippen molar-refractivity contribution in [3.63, 3.8) is 0 Å². The topological polar surface area (TPSA) is 85.9 Å². The zero-order valence-electron chi connectivity index (χ0n) is 15.5. The van der Waals surface area contributed by atoms with Gasteiger partial charge in [0.25, 0.3) is 0 Å². The molecule has 7 nitrogen and oxygen atoms in total. The van der Waals surface area contributed by atoms with E-state index in [2.05, 4.69) is 10.6 Å². The van der Waals surface area contributed by atoms with Crippen molar-refractivity contribution in [2.24, 2.45) is 0 Å². The van der Waals surface area contributed by atoms with E-state index >= 15 is 0 Å². The molecule has 0 aliphatic rings. The molecule has 0 saturated carbocycles. The quantitative estimate of drug-likeness (QED) is 0.151. The van der Waals surface area contributed by atoms with Crippen LogP contribution in [0.1, 0.15) is 13.8 Å². The Labute approximate surface area is 188 Å². The summed E-state index contributed by atoms with van der Waals surface area (Å²) in [5, 5.41) is 4.74. The van der Waals surface area contributed by atoms with Gasteiger partial charge >= 0.3 is 51.4 Å². The van der Waals surface area contributed by atoms with Gasteiger partial charge in [-0.25, -0.2) is 4.39 Å². The Kier molecular flexibility index (Phi) is 31.3. The molecule has 9 heteroatoms. The maximum absolute atomic E-state index is 13.0. The van der Waals surface area contributed by atoms with Crippen LogP contribution in [0.2, 0.25) is 0 Å². The van der Waals surface area contributed by atoms with E-state index in [1.54, 1.807) is 0 Å². The van der Waals surface area contributed by atoms with E-state index < -0.39 is 6.17 Å². The van der Waals surface area contributed by atoms with Gasteiger partial charge in [0.2, 0.25) is 5.91 Å². The SMILES string of the molecule is CC(C)OCC(=O)NCCOCCOCC(F)CN[C-]=O.[CH3-].[CH3-].[K+]. The average Bonchev–Trinajstić information content (AvgIpc) is 2.45. The fourth-order valence-electron chi connectivity index (χ4n) is 1.20. The molecule has 0 aromatic rings. The molecular formula is C15H30FKN2O5-2. The Hall–Kier alpha value is 0.386. The second-order valence-corrected chi connectivity index (χ2v) is 4.48. The Morgan fingerprint density at radius 3 is 2.38 bits per heavy atom. The predicted octanol–water partition coefficient (Wildman–Crippen LogP) is -2.54. The minimum atomic E-state index is -1.26. The molecular weight excluding hydrogens is 346 g/mol. The van der Waals surface area contributed by atoms with Gasteiger partial charge in [0, 0.05) is 13.1 Å². The number of alkyl halides is 1. The Balaban J connectivity index is -0.000000667. The van der Waals surface area contributed by atoms with Crippen LogP contribution in [0.25, 0.3) is 0 Å². The number of ether oxygens (including phenoxy) is 3. The normalized spacial score (nSPS) is 10.7. The number of rotatable bonds is 14. The van der Waals surface area contributed by atoms with Gasteiger partial charge in [-0.3, -0.25) is 4.79 Å². The number of halogens is 1. The number of nitrogens with one attached hydrogen (secondary N) is 2. The van der Waals surface area contributed by atoms with Crippen LogP contribution >= 0.6 is 0 Å². The molecule has 1 unspecified atom stereocenters. The van der Waals surface area contributed by atoms with Gasteiger partial charge in [-0.15, -0.1) is 0 Å². The number of hydrogen-bond donors (Lipinski definition) is 2. The molecule has 0 spiro atoms. The van der Waals surface area contributed by atoms with E-state index in [-0.39, 0.29) is 105 Å². The third-order valence-corrected chi connectivity index (χ3v) is 2.18. The van der Waals surface area contributed by atoms with Crippen molar-refractivity contribution in [1.29, 1.82) is 0 Å². The third kappa shape index (κ3) is 24.6. The second-order valence-electron chi connectivity index (χ2n) is 4.48. The molecule has 1 atom stereocenters. The molecule has 0 rings (SSSR count). The smallest absolute Gasteiger partial charge is 0.527 e. The average molecular weight is 377 g/mol. The Morgan fingerprint density at radius 2 is 1.79 bits per heavy atom. The molecule has 0 radical (unpaired) electrons. The molecule has 2 N–H and O–H groups in total. The summed E-state index contributed by atoms with van der Waals surface area (Å²) in [6, 6.07) is 0. The second kappa shape index (κ2) is 23.4. The van der Waals surface area contributed by atoms with E-state index in [1.165, 1.54) is 6.41 Å². The van der Waals surface area contributed by atoms with Crippen molar-refractivity contribution in [2.75, 3.05) is 46.1 Å². The molecule has 0 aliphatic carbocycles. The minimum absolute atomic E-state index is 0. The number of hydrogen-bond acceptors (Lipinski definition) is 5. The summed E-state index contributed by atoms with van der Waals surface area (Å²) in [5.41, 5.74) is 0. The third-order valence-electron chi connectivity index (χ3n) is 2.18. The molecule has 24 heavy (non-hydrogen) atoms. The van der Waals surface area contributed by atoms with Gasteiger partial charge in [-0.05, 0) is 13.8 Å². The first-order chi connectivity index (χ1) is 10.1. The summed E-state index contributed by atoms with van der Waals surface area (Å²) in [6.45, 7) is 4.79. The van der Waals surface area contributed by atoms with Crippen LogP contribution in [-0.2, 0) is 23.8 Å². The molecule has 0 saturated heterocycles. The first-order valence-electron chi connectivity index (χ1n) is 6.84. The van der Waals surface area contributed by atoms with Gasteiger partial charge in [-0.2, -0.15) is 6.41 Å². The zero-order valence-corrected chi connectivity index (χ0v) is 18.6. The molecule has 140 valence electrons. The van der Waals surface area contributed by atoms with Gasteiger partial charge in [-0.1, -0.05) is 0 Å². The van der Waals surface area contributed by atoms with Crippen molar-refractivity contribution in [2.45, 2.75) is 26.1 Å². The minimum Gasteiger partial charge on any atom is -0.527 e. The Morgan fingerprint density at radius 1 is 1.17 bits per heavy atom. The van der Waals surface area contributed by atoms with Crippen LogP contribution in [0.4, 0.5) is 4.39 Å². The van der Waals surface area contributed by atoms with Crippen LogP contribution in [0.3, 0.4) is 0 Å². The largest absolute Gasteiger partial charge is 1.00 e. The molecule has 0 fully saturated rings. The maximum atomic E-state index is 13.0. The van der Waals surface area contributed by atoms with Crippen molar-refractivity contribution in [3.05, 3.63) is 14.9 Å². The van der Waals surface area contributed by atoms with Gasteiger partial charge in [0.1, 0.15) is 12.8 Å². The standard InChI is InChI=1S/C13H24FN2O5.2CH3.K/c1-11(2)21-9-13(18)16-3-4-19-5-6-20-8-12(14)7-15-10-17;;;/h11-12H,3-9H2,1-2H3,(H,15,17)(H,16,18);2*1H3;/q3*-1;+1. The summed E-state index contributed by atoms with van der Waals surface area (Å²) >= 11 is 0. The van der Waals surface area contributed by atoms with E-state index in [0.29, 0.717) is 19.8 Å². The van der Waals surface area contributed by atoms with Gasteiger partial charge in [0.15, 0.2) is 0 Å². The van der Waals surface area contributed by atoms with Crippen molar-refractivity contribution >= 4 is 12.3 Å². The predicted molar refractivity (Wildman–Crippen MR) is 87.2 cm³/mol. The number of amides is 2. The van der Waals surface area contributed by atoms with Crippen molar-refractivity contribution < 1.29 is 79.6 Å². The summed E-state index contributed by atoms with van der Waals surface area (Å²) in [5.74, 6) is -0.191. The molecule has 0 aromatic heterocycles.